The van der Waals surface area contributed by atoms with Crippen molar-refractivity contribution < 1.29 is 13.2 Å². The van der Waals surface area contributed by atoms with Crippen molar-refractivity contribution in [3.05, 3.63) is 0 Å². The van der Waals surface area contributed by atoms with Crippen LogP contribution >= 0.6 is 31.9 Å². The summed E-state index contributed by atoms with van der Waals surface area (Å²) in [5.41, 5.74) is -0.0502. The van der Waals surface area contributed by atoms with Gasteiger partial charge in [0, 0.05) is 10.7 Å². The molecule has 0 radical (unpaired) electrons. The normalized spacial score (nSPS) is 32.6. The summed E-state index contributed by atoms with van der Waals surface area (Å²) >= 11 is 7.27. The van der Waals surface area contributed by atoms with Crippen LogP contribution in [0, 0.1) is 11.3 Å². The molecule has 118 valence electrons. The fourth-order valence-corrected chi connectivity index (χ4v) is 7.73. The molecular weight excluding hydrogens is 408 g/mol. The average molecular weight is 432 g/mol. The molecule has 2 rings (SSSR count). The summed E-state index contributed by atoms with van der Waals surface area (Å²) in [7, 11) is -2.84. The van der Waals surface area contributed by atoms with Crippen molar-refractivity contribution >= 4 is 41.7 Å². The van der Waals surface area contributed by atoms with E-state index in [0.29, 0.717) is 11.5 Å². The molecule has 0 aromatic carbocycles. The topological polar surface area (TPSA) is 43.4 Å². The maximum absolute atomic E-state index is 11.8. The first kappa shape index (κ1) is 17.2. The van der Waals surface area contributed by atoms with Gasteiger partial charge in [0.15, 0.2) is 9.84 Å². The number of rotatable bonds is 5. The zero-order valence-electron chi connectivity index (χ0n) is 12.2. The number of ether oxygens (including phenoxy) is 1. The van der Waals surface area contributed by atoms with Gasteiger partial charge in [0.05, 0.1) is 23.2 Å². The Bertz CT molecular complexity index is 443. The molecule has 2 aliphatic heterocycles. The van der Waals surface area contributed by atoms with Gasteiger partial charge in [-0.05, 0) is 50.9 Å². The van der Waals surface area contributed by atoms with E-state index in [-0.39, 0.29) is 23.0 Å². The fourth-order valence-electron chi connectivity index (χ4n) is 3.48. The summed E-state index contributed by atoms with van der Waals surface area (Å²) in [5.74, 6) is 0.912. The molecule has 2 atom stereocenters. The largest absolute Gasteiger partial charge is 0.372 e. The predicted molar refractivity (Wildman–Crippen MR) is 89.6 cm³/mol. The number of alkyl halides is 2. The molecule has 0 aliphatic carbocycles. The van der Waals surface area contributed by atoms with Gasteiger partial charge in [-0.3, -0.25) is 0 Å². The Morgan fingerprint density at radius 2 is 1.90 bits per heavy atom. The Hall–Kier alpha value is 0.870. The van der Waals surface area contributed by atoms with Gasteiger partial charge in [0.25, 0.3) is 0 Å². The van der Waals surface area contributed by atoms with Crippen molar-refractivity contribution in [1.82, 2.24) is 0 Å². The first-order valence-electron chi connectivity index (χ1n) is 7.22. The molecule has 0 bridgehead atoms. The van der Waals surface area contributed by atoms with Crippen molar-refractivity contribution in [2.75, 3.05) is 22.2 Å². The molecule has 0 amide bonds. The maximum atomic E-state index is 11.8. The van der Waals surface area contributed by atoms with Gasteiger partial charge < -0.3 is 4.74 Å². The van der Waals surface area contributed by atoms with E-state index >= 15 is 0 Å². The molecule has 0 aromatic rings. The van der Waals surface area contributed by atoms with Crippen molar-refractivity contribution in [1.29, 1.82) is 0 Å². The molecule has 0 aromatic heterocycles. The Labute approximate surface area is 139 Å². The number of sulfone groups is 1. The van der Waals surface area contributed by atoms with Gasteiger partial charge in [-0.15, -0.1) is 0 Å². The Morgan fingerprint density at radius 3 is 2.30 bits per heavy atom. The third-order valence-electron chi connectivity index (χ3n) is 4.82. The van der Waals surface area contributed by atoms with E-state index in [2.05, 4.69) is 45.7 Å². The summed E-state index contributed by atoms with van der Waals surface area (Å²) in [6.07, 6.45) is 4.14. The van der Waals surface area contributed by atoms with Crippen LogP contribution in [0.2, 0.25) is 0 Å². The summed E-state index contributed by atoms with van der Waals surface area (Å²) < 4.78 is 29.7. The molecule has 3 nitrogen and oxygen atoms in total. The lowest BCUT2D eigenvalue weighted by Crippen LogP contribution is -2.39. The quantitative estimate of drug-likeness (QED) is 0.625. The number of hydrogen-bond acceptors (Lipinski definition) is 3. The number of halogens is 2. The molecule has 6 heteroatoms. The molecule has 2 fully saturated rings. The highest BCUT2D eigenvalue weighted by atomic mass is 79.9. The van der Waals surface area contributed by atoms with Crippen LogP contribution in [0.25, 0.3) is 0 Å². The highest BCUT2D eigenvalue weighted by Gasteiger charge is 2.46. The van der Waals surface area contributed by atoms with E-state index in [1.807, 2.05) is 0 Å². The van der Waals surface area contributed by atoms with Crippen molar-refractivity contribution in [3.63, 3.8) is 0 Å². The molecule has 0 saturated carbocycles. The minimum atomic E-state index is -2.84. The summed E-state index contributed by atoms with van der Waals surface area (Å²) in [5, 5.41) is 1.65. The molecule has 0 N–H and O–H groups in total. The maximum Gasteiger partial charge on any atom is 0.150 e. The third-order valence-corrected chi connectivity index (χ3v) is 8.82. The van der Waals surface area contributed by atoms with E-state index in [4.69, 9.17) is 4.74 Å². The van der Waals surface area contributed by atoms with Gasteiger partial charge in [-0.2, -0.15) is 0 Å². The summed E-state index contributed by atoms with van der Waals surface area (Å²) in [6.45, 7) is 4.27. The standard InChI is InChI=1S/C14H24Br2O3S/c1-13(2)5-3-12(19-13)7-14(9-15,10-16)11-4-6-20(17,18)8-11/h11-12H,3-10H2,1-2H3. The van der Waals surface area contributed by atoms with Crippen LogP contribution in [0.1, 0.15) is 39.5 Å². The van der Waals surface area contributed by atoms with Gasteiger partial charge in [-0.1, -0.05) is 31.9 Å². The second-order valence-electron chi connectivity index (χ2n) is 6.97. The highest BCUT2D eigenvalue weighted by molar-refractivity contribution is 9.09. The van der Waals surface area contributed by atoms with Gasteiger partial charge in [0.2, 0.25) is 0 Å². The monoisotopic (exact) mass is 430 g/mol. The lowest BCUT2D eigenvalue weighted by atomic mass is 9.74. The molecule has 2 saturated heterocycles. The first-order valence-corrected chi connectivity index (χ1v) is 11.3. The smallest absolute Gasteiger partial charge is 0.150 e. The Balaban J connectivity index is 2.10. The minimum absolute atomic E-state index is 0.0192. The van der Waals surface area contributed by atoms with Crippen LogP contribution < -0.4 is 0 Å². The molecule has 20 heavy (non-hydrogen) atoms. The van der Waals surface area contributed by atoms with Crippen molar-refractivity contribution in [2.45, 2.75) is 51.2 Å². The summed E-state index contributed by atoms with van der Waals surface area (Å²) in [6, 6.07) is 0. The fraction of sp³-hybridized carbons (Fsp3) is 1.00. The molecule has 0 spiro atoms. The van der Waals surface area contributed by atoms with E-state index in [1.54, 1.807) is 0 Å². The number of hydrogen-bond donors (Lipinski definition) is 0. The van der Waals surface area contributed by atoms with Gasteiger partial charge in [-0.25, -0.2) is 8.42 Å². The van der Waals surface area contributed by atoms with Gasteiger partial charge in [0.1, 0.15) is 0 Å². The molecule has 2 aliphatic rings. The van der Waals surface area contributed by atoms with Crippen molar-refractivity contribution in [2.24, 2.45) is 11.3 Å². The lowest BCUT2D eigenvalue weighted by Gasteiger charge is -2.38. The van der Waals surface area contributed by atoms with Crippen LogP contribution in [0.15, 0.2) is 0 Å². The Morgan fingerprint density at radius 1 is 1.25 bits per heavy atom. The zero-order valence-corrected chi connectivity index (χ0v) is 16.2. The average Bonchev–Trinajstić information content (AvgIpc) is 2.89. The predicted octanol–water partition coefficient (Wildman–Crippen LogP) is 3.55. The third kappa shape index (κ3) is 3.79. The second kappa shape index (κ2) is 6.17. The van der Waals surface area contributed by atoms with Crippen molar-refractivity contribution in [3.8, 4) is 0 Å². The highest BCUT2D eigenvalue weighted by Crippen LogP contribution is 2.45. The van der Waals surface area contributed by atoms with E-state index < -0.39 is 9.84 Å². The molecule has 2 heterocycles. The lowest BCUT2D eigenvalue weighted by molar-refractivity contribution is -0.0358. The van der Waals surface area contributed by atoms with E-state index in [0.717, 1.165) is 36.3 Å². The first-order chi connectivity index (χ1) is 9.22. The van der Waals surface area contributed by atoms with Crippen LogP contribution in [0.3, 0.4) is 0 Å². The van der Waals surface area contributed by atoms with Crippen LogP contribution in [-0.4, -0.2) is 42.3 Å². The SMILES string of the molecule is CC1(C)CCC(CC(CBr)(CBr)C2CCS(=O)(=O)C2)O1. The van der Waals surface area contributed by atoms with Crippen LogP contribution in [0.5, 0.6) is 0 Å². The van der Waals surface area contributed by atoms with Crippen LogP contribution in [0.4, 0.5) is 0 Å². The van der Waals surface area contributed by atoms with E-state index in [1.165, 1.54) is 0 Å². The Kier molecular flexibility index (Phi) is 5.31. The van der Waals surface area contributed by atoms with Crippen LogP contribution in [-0.2, 0) is 14.6 Å². The van der Waals surface area contributed by atoms with E-state index in [9.17, 15) is 8.42 Å². The molecular formula is C14H24Br2O3S. The zero-order chi connectivity index (χ0) is 15.0. The minimum Gasteiger partial charge on any atom is -0.372 e. The van der Waals surface area contributed by atoms with Gasteiger partial charge >= 0.3 is 0 Å². The second-order valence-corrected chi connectivity index (χ2v) is 10.3. The molecule has 2 unspecified atom stereocenters. The summed E-state index contributed by atoms with van der Waals surface area (Å²) in [4.78, 5) is 0.